The lowest BCUT2D eigenvalue weighted by atomic mass is 9.93. The van der Waals surface area contributed by atoms with Crippen LogP contribution in [-0.2, 0) is 16.0 Å². The molecule has 5 nitrogen and oxygen atoms in total. The van der Waals surface area contributed by atoms with Crippen molar-refractivity contribution in [1.29, 1.82) is 0 Å². The second-order valence-corrected chi connectivity index (χ2v) is 9.40. The van der Waals surface area contributed by atoms with Crippen LogP contribution in [0.15, 0.2) is 30.3 Å². The van der Waals surface area contributed by atoms with Crippen LogP contribution >= 0.6 is 0 Å². The first-order valence-electron chi connectivity index (χ1n) is 12.0. The monoisotopic (exact) mass is 411 g/mol. The third kappa shape index (κ3) is 5.42. The second-order valence-electron chi connectivity index (χ2n) is 9.40. The van der Waals surface area contributed by atoms with Crippen LogP contribution in [-0.4, -0.2) is 60.4 Å². The van der Waals surface area contributed by atoms with Crippen molar-refractivity contribution in [3.05, 3.63) is 35.9 Å². The van der Waals surface area contributed by atoms with Crippen LogP contribution in [0, 0.1) is 11.8 Å². The average Bonchev–Trinajstić information content (AvgIpc) is 3.34. The fourth-order valence-corrected chi connectivity index (χ4v) is 5.55. The van der Waals surface area contributed by atoms with Crippen LogP contribution in [0.5, 0.6) is 0 Å². The second kappa shape index (κ2) is 10.4. The average molecular weight is 412 g/mol. The summed E-state index contributed by atoms with van der Waals surface area (Å²) in [4.78, 5) is 30.0. The third-order valence-electron chi connectivity index (χ3n) is 7.38. The molecule has 1 aromatic rings. The molecule has 5 heteroatoms. The number of rotatable bonds is 6. The Kier molecular flexibility index (Phi) is 7.42. The van der Waals surface area contributed by atoms with E-state index in [2.05, 4.69) is 27.2 Å². The molecular formula is C25H37N3O2. The van der Waals surface area contributed by atoms with E-state index >= 15 is 0 Å². The molecule has 0 spiro atoms. The number of likely N-dealkylation sites (tertiary alicyclic amines) is 2. The van der Waals surface area contributed by atoms with E-state index in [1.165, 1.54) is 18.4 Å². The molecular weight excluding hydrogens is 374 g/mol. The molecule has 0 bridgehead atoms. The minimum atomic E-state index is 0.104. The van der Waals surface area contributed by atoms with Crippen LogP contribution in [0.2, 0.25) is 0 Å². The van der Waals surface area contributed by atoms with Gasteiger partial charge in [0, 0.05) is 38.1 Å². The van der Waals surface area contributed by atoms with Crippen LogP contribution in [0.25, 0.3) is 0 Å². The van der Waals surface area contributed by atoms with E-state index in [1.54, 1.807) is 0 Å². The molecule has 3 aliphatic rings. The molecule has 2 saturated heterocycles. The molecule has 2 amide bonds. The fourth-order valence-electron chi connectivity index (χ4n) is 5.55. The Labute approximate surface area is 181 Å². The first kappa shape index (κ1) is 21.4. The van der Waals surface area contributed by atoms with Crippen LogP contribution < -0.4 is 5.32 Å². The van der Waals surface area contributed by atoms with Gasteiger partial charge in [-0.25, -0.2) is 0 Å². The van der Waals surface area contributed by atoms with Crippen molar-refractivity contribution in [2.45, 2.75) is 63.8 Å². The largest absolute Gasteiger partial charge is 0.355 e. The van der Waals surface area contributed by atoms with Gasteiger partial charge in [-0.05, 0) is 57.1 Å². The zero-order valence-electron chi connectivity index (χ0n) is 18.2. The lowest BCUT2D eigenvalue weighted by Gasteiger charge is -2.42. The maximum atomic E-state index is 12.7. The molecule has 2 aliphatic heterocycles. The number of benzene rings is 1. The Morgan fingerprint density at radius 3 is 2.30 bits per heavy atom. The molecule has 1 unspecified atom stereocenters. The van der Waals surface area contributed by atoms with E-state index in [0.717, 1.165) is 71.1 Å². The zero-order valence-corrected chi connectivity index (χ0v) is 18.2. The Morgan fingerprint density at radius 1 is 0.867 bits per heavy atom. The van der Waals surface area contributed by atoms with Gasteiger partial charge in [-0.1, -0.05) is 43.2 Å². The highest BCUT2D eigenvalue weighted by Crippen LogP contribution is 2.29. The number of amides is 2. The first-order valence-corrected chi connectivity index (χ1v) is 12.0. The van der Waals surface area contributed by atoms with Gasteiger partial charge in [-0.15, -0.1) is 0 Å². The van der Waals surface area contributed by atoms with E-state index in [1.807, 2.05) is 18.2 Å². The van der Waals surface area contributed by atoms with Gasteiger partial charge in [0.05, 0.1) is 5.92 Å². The minimum Gasteiger partial charge on any atom is -0.355 e. The summed E-state index contributed by atoms with van der Waals surface area (Å²) >= 11 is 0. The van der Waals surface area contributed by atoms with Crippen molar-refractivity contribution >= 4 is 11.8 Å². The summed E-state index contributed by atoms with van der Waals surface area (Å²) in [6, 6.07) is 10.9. The van der Waals surface area contributed by atoms with E-state index < -0.39 is 0 Å². The molecule has 1 N–H and O–H groups in total. The molecule has 4 rings (SSSR count). The maximum absolute atomic E-state index is 12.7. The van der Waals surface area contributed by atoms with E-state index in [9.17, 15) is 9.59 Å². The molecule has 1 aliphatic carbocycles. The SMILES string of the molecule is O=C(NCCc1ccccc1)C1CCCN(C2CCN(C(=O)C3CCCC3)CC2)C1. The van der Waals surface area contributed by atoms with Gasteiger partial charge < -0.3 is 10.2 Å². The molecule has 3 fully saturated rings. The Bertz CT molecular complexity index is 694. The van der Waals surface area contributed by atoms with Gasteiger partial charge in [0.2, 0.25) is 11.8 Å². The van der Waals surface area contributed by atoms with E-state index in [0.29, 0.717) is 24.4 Å². The minimum absolute atomic E-state index is 0.104. The Morgan fingerprint density at radius 2 is 1.57 bits per heavy atom. The van der Waals surface area contributed by atoms with Crippen molar-refractivity contribution in [1.82, 2.24) is 15.1 Å². The summed E-state index contributed by atoms with van der Waals surface area (Å²) in [5.74, 6) is 1.01. The normalized spacial score (nSPS) is 24.1. The molecule has 164 valence electrons. The van der Waals surface area contributed by atoms with E-state index in [4.69, 9.17) is 0 Å². The maximum Gasteiger partial charge on any atom is 0.225 e. The predicted molar refractivity (Wildman–Crippen MR) is 119 cm³/mol. The summed E-state index contributed by atoms with van der Waals surface area (Å²) in [6.07, 6.45) is 9.70. The zero-order chi connectivity index (χ0) is 20.8. The first-order chi connectivity index (χ1) is 14.7. The smallest absolute Gasteiger partial charge is 0.225 e. The number of carbonyl (C=O) groups excluding carboxylic acids is 2. The summed E-state index contributed by atoms with van der Waals surface area (Å²) < 4.78 is 0. The molecule has 0 radical (unpaired) electrons. The molecule has 1 saturated carbocycles. The fraction of sp³-hybridized carbons (Fsp3) is 0.680. The van der Waals surface area contributed by atoms with Gasteiger partial charge >= 0.3 is 0 Å². The highest BCUT2D eigenvalue weighted by atomic mass is 16.2. The summed E-state index contributed by atoms with van der Waals surface area (Å²) in [5, 5.41) is 3.16. The standard InChI is InChI=1S/C25H37N3O2/c29-24(26-15-12-20-7-2-1-3-8-20)22-11-6-16-28(19-22)23-13-17-27(18-14-23)25(30)21-9-4-5-10-21/h1-3,7-8,21-23H,4-6,9-19H2,(H,26,29). The van der Waals surface area contributed by atoms with Crippen molar-refractivity contribution in [3.63, 3.8) is 0 Å². The lowest BCUT2D eigenvalue weighted by Crippen LogP contribution is -2.52. The van der Waals surface area contributed by atoms with Gasteiger partial charge in [0.1, 0.15) is 0 Å². The highest BCUT2D eigenvalue weighted by molar-refractivity contribution is 5.79. The van der Waals surface area contributed by atoms with Gasteiger partial charge in [-0.3, -0.25) is 14.5 Å². The predicted octanol–water partition coefficient (Wildman–Crippen LogP) is 3.24. The van der Waals surface area contributed by atoms with Crippen LogP contribution in [0.3, 0.4) is 0 Å². The molecule has 0 aromatic heterocycles. The topological polar surface area (TPSA) is 52.7 Å². The van der Waals surface area contributed by atoms with Crippen molar-refractivity contribution in [2.24, 2.45) is 11.8 Å². The Balaban J connectivity index is 1.20. The van der Waals surface area contributed by atoms with Crippen molar-refractivity contribution < 1.29 is 9.59 Å². The van der Waals surface area contributed by atoms with Gasteiger partial charge in [-0.2, -0.15) is 0 Å². The number of piperidine rings is 2. The van der Waals surface area contributed by atoms with Crippen molar-refractivity contribution in [2.75, 3.05) is 32.7 Å². The summed E-state index contributed by atoms with van der Waals surface area (Å²) in [6.45, 7) is 4.46. The summed E-state index contributed by atoms with van der Waals surface area (Å²) in [5.41, 5.74) is 1.27. The van der Waals surface area contributed by atoms with Crippen LogP contribution in [0.1, 0.15) is 56.9 Å². The highest BCUT2D eigenvalue weighted by Gasteiger charge is 2.34. The third-order valence-corrected chi connectivity index (χ3v) is 7.38. The van der Waals surface area contributed by atoms with Gasteiger partial charge in [0.15, 0.2) is 0 Å². The van der Waals surface area contributed by atoms with Crippen molar-refractivity contribution in [3.8, 4) is 0 Å². The molecule has 1 atom stereocenters. The van der Waals surface area contributed by atoms with Gasteiger partial charge in [0.25, 0.3) is 0 Å². The summed E-state index contributed by atoms with van der Waals surface area (Å²) in [7, 11) is 0. The molecule has 1 aromatic carbocycles. The number of carbonyl (C=O) groups is 2. The molecule has 30 heavy (non-hydrogen) atoms. The number of hydrogen-bond acceptors (Lipinski definition) is 3. The lowest BCUT2D eigenvalue weighted by molar-refractivity contribution is -0.137. The van der Waals surface area contributed by atoms with Crippen LogP contribution in [0.4, 0.5) is 0 Å². The number of hydrogen-bond donors (Lipinski definition) is 1. The van der Waals surface area contributed by atoms with E-state index in [-0.39, 0.29) is 11.8 Å². The molecule has 2 heterocycles. The number of nitrogens with one attached hydrogen (secondary N) is 1. The quantitative estimate of drug-likeness (QED) is 0.782. The number of nitrogens with zero attached hydrogens (tertiary/aromatic N) is 2. The Hall–Kier alpha value is -1.88.